The van der Waals surface area contributed by atoms with Crippen LogP contribution >= 0.6 is 11.6 Å². The summed E-state index contributed by atoms with van der Waals surface area (Å²) in [7, 11) is 1.50. The van der Waals surface area contributed by atoms with Gasteiger partial charge in [-0.25, -0.2) is 0 Å². The number of benzene rings is 2. The van der Waals surface area contributed by atoms with Crippen LogP contribution in [0.3, 0.4) is 0 Å². The summed E-state index contributed by atoms with van der Waals surface area (Å²) in [4.78, 5) is 26.6. The molecular weight excluding hydrogens is 368 g/mol. The number of anilines is 1. The van der Waals surface area contributed by atoms with Crippen molar-refractivity contribution in [2.45, 2.75) is 6.42 Å². The normalized spacial score (nSPS) is 13.9. The van der Waals surface area contributed by atoms with E-state index in [2.05, 4.69) is 5.32 Å². The van der Waals surface area contributed by atoms with Gasteiger partial charge in [0.1, 0.15) is 5.75 Å². The number of rotatable bonds is 5. The van der Waals surface area contributed by atoms with Crippen LogP contribution in [-0.4, -0.2) is 50.1 Å². The van der Waals surface area contributed by atoms with E-state index < -0.39 is 0 Å². The summed E-state index contributed by atoms with van der Waals surface area (Å²) in [5, 5.41) is 3.27. The van der Waals surface area contributed by atoms with Crippen molar-refractivity contribution in [3.05, 3.63) is 58.6 Å². The summed E-state index contributed by atoms with van der Waals surface area (Å²) < 4.78 is 10.5. The summed E-state index contributed by atoms with van der Waals surface area (Å²) in [6.07, 6.45) is 0.330. The maximum absolute atomic E-state index is 12.5. The first-order valence-corrected chi connectivity index (χ1v) is 9.04. The maximum atomic E-state index is 12.5. The van der Waals surface area contributed by atoms with Gasteiger partial charge in [0.25, 0.3) is 5.91 Å². The molecule has 2 aromatic rings. The number of halogens is 1. The lowest BCUT2D eigenvalue weighted by atomic mass is 10.1. The highest BCUT2D eigenvalue weighted by atomic mass is 35.5. The molecule has 0 spiro atoms. The van der Waals surface area contributed by atoms with Crippen molar-refractivity contribution in [3.63, 3.8) is 0 Å². The van der Waals surface area contributed by atoms with E-state index in [1.165, 1.54) is 7.11 Å². The molecule has 1 saturated heterocycles. The van der Waals surface area contributed by atoms with E-state index in [-0.39, 0.29) is 11.8 Å². The van der Waals surface area contributed by atoms with Crippen LogP contribution in [0.5, 0.6) is 5.75 Å². The Morgan fingerprint density at radius 3 is 2.52 bits per heavy atom. The van der Waals surface area contributed by atoms with Crippen molar-refractivity contribution in [2.75, 3.05) is 38.7 Å². The fourth-order valence-corrected chi connectivity index (χ4v) is 3.03. The monoisotopic (exact) mass is 388 g/mol. The highest BCUT2D eigenvalue weighted by Gasteiger charge is 2.17. The molecule has 2 aromatic carbocycles. The van der Waals surface area contributed by atoms with Crippen molar-refractivity contribution in [1.29, 1.82) is 0 Å². The highest BCUT2D eigenvalue weighted by molar-refractivity contribution is 6.31. The predicted molar refractivity (Wildman–Crippen MR) is 104 cm³/mol. The van der Waals surface area contributed by atoms with Crippen molar-refractivity contribution in [1.82, 2.24) is 4.90 Å². The fourth-order valence-electron chi connectivity index (χ4n) is 2.86. The molecule has 0 saturated carbocycles. The van der Waals surface area contributed by atoms with E-state index >= 15 is 0 Å². The SMILES string of the molecule is COc1ccc(Cl)cc1C(=O)Nc1ccc(CC(=O)N2CCOCC2)cc1. The number of nitrogens with zero attached hydrogens (tertiary/aromatic N) is 1. The molecule has 0 unspecified atom stereocenters. The minimum atomic E-state index is -0.313. The summed E-state index contributed by atoms with van der Waals surface area (Å²) in [6, 6.07) is 12.1. The first-order valence-electron chi connectivity index (χ1n) is 8.66. The van der Waals surface area contributed by atoms with Gasteiger partial charge in [-0.2, -0.15) is 0 Å². The van der Waals surface area contributed by atoms with Crippen LogP contribution in [0.1, 0.15) is 15.9 Å². The van der Waals surface area contributed by atoms with Crippen LogP contribution in [-0.2, 0) is 16.0 Å². The predicted octanol–water partition coefficient (Wildman–Crippen LogP) is 3.00. The molecule has 0 bridgehead atoms. The van der Waals surface area contributed by atoms with Gasteiger partial charge in [-0.1, -0.05) is 23.7 Å². The maximum Gasteiger partial charge on any atom is 0.259 e. The summed E-state index contributed by atoms with van der Waals surface area (Å²) in [6.45, 7) is 2.44. The molecule has 0 aliphatic carbocycles. The van der Waals surface area contributed by atoms with E-state index in [1.54, 1.807) is 30.3 Å². The standard InChI is InChI=1S/C20H21ClN2O4/c1-26-18-7-4-15(21)13-17(18)20(25)22-16-5-2-14(3-6-16)12-19(24)23-8-10-27-11-9-23/h2-7,13H,8-12H2,1H3,(H,22,25). The molecule has 0 aromatic heterocycles. The molecule has 6 nitrogen and oxygen atoms in total. The lowest BCUT2D eigenvalue weighted by Crippen LogP contribution is -2.41. The molecule has 1 heterocycles. The topological polar surface area (TPSA) is 67.9 Å². The van der Waals surface area contributed by atoms with Crippen LogP contribution < -0.4 is 10.1 Å². The minimum absolute atomic E-state index is 0.0822. The molecule has 2 amide bonds. The number of ether oxygens (including phenoxy) is 2. The smallest absolute Gasteiger partial charge is 0.259 e. The number of morpholine rings is 1. The number of methoxy groups -OCH3 is 1. The van der Waals surface area contributed by atoms with Gasteiger partial charge in [0.15, 0.2) is 0 Å². The van der Waals surface area contributed by atoms with Gasteiger partial charge in [0.05, 0.1) is 32.3 Å². The first-order chi connectivity index (χ1) is 13.1. The molecule has 7 heteroatoms. The fraction of sp³-hybridized carbons (Fsp3) is 0.300. The Balaban J connectivity index is 1.63. The molecule has 27 heavy (non-hydrogen) atoms. The molecular formula is C20H21ClN2O4. The van der Waals surface area contributed by atoms with E-state index in [9.17, 15) is 9.59 Å². The zero-order valence-corrected chi connectivity index (χ0v) is 15.8. The van der Waals surface area contributed by atoms with Gasteiger partial charge in [-0.3, -0.25) is 9.59 Å². The summed E-state index contributed by atoms with van der Waals surface area (Å²) in [5.74, 6) is 0.217. The first kappa shape index (κ1) is 19.2. The Kier molecular flexibility index (Phi) is 6.32. The number of hydrogen-bond donors (Lipinski definition) is 1. The van der Waals surface area contributed by atoms with Gasteiger partial charge < -0.3 is 19.7 Å². The van der Waals surface area contributed by atoms with Crippen LogP contribution in [0.25, 0.3) is 0 Å². The Bertz CT molecular complexity index is 817. The molecule has 1 fully saturated rings. The van der Waals surface area contributed by atoms with E-state index in [4.69, 9.17) is 21.1 Å². The lowest BCUT2D eigenvalue weighted by molar-refractivity contribution is -0.134. The molecule has 1 aliphatic rings. The number of carbonyl (C=O) groups is 2. The van der Waals surface area contributed by atoms with E-state index in [1.807, 2.05) is 17.0 Å². The number of amides is 2. The second-order valence-electron chi connectivity index (χ2n) is 6.17. The van der Waals surface area contributed by atoms with Crippen LogP contribution in [0, 0.1) is 0 Å². The second kappa shape index (κ2) is 8.88. The average molecular weight is 389 g/mol. The zero-order chi connectivity index (χ0) is 19.2. The Labute approximate surface area is 163 Å². The van der Waals surface area contributed by atoms with Gasteiger partial charge in [0.2, 0.25) is 5.91 Å². The van der Waals surface area contributed by atoms with Gasteiger partial charge in [-0.05, 0) is 35.9 Å². The molecule has 0 atom stereocenters. The Morgan fingerprint density at radius 2 is 1.85 bits per heavy atom. The Hall–Kier alpha value is -2.57. The number of carbonyl (C=O) groups excluding carboxylic acids is 2. The van der Waals surface area contributed by atoms with Crippen molar-refractivity contribution in [3.8, 4) is 5.75 Å². The molecule has 1 N–H and O–H groups in total. The zero-order valence-electron chi connectivity index (χ0n) is 15.0. The van der Waals surface area contributed by atoms with E-state index in [0.717, 1.165) is 5.56 Å². The summed E-state index contributed by atoms with van der Waals surface area (Å²) in [5.41, 5.74) is 1.88. The third-order valence-electron chi connectivity index (χ3n) is 4.34. The van der Waals surface area contributed by atoms with Crippen molar-refractivity contribution in [2.24, 2.45) is 0 Å². The minimum Gasteiger partial charge on any atom is -0.496 e. The van der Waals surface area contributed by atoms with Crippen LogP contribution in [0.15, 0.2) is 42.5 Å². The molecule has 0 radical (unpaired) electrons. The van der Waals surface area contributed by atoms with Gasteiger partial charge >= 0.3 is 0 Å². The highest BCUT2D eigenvalue weighted by Crippen LogP contribution is 2.24. The quantitative estimate of drug-likeness (QED) is 0.855. The van der Waals surface area contributed by atoms with Gasteiger partial charge in [-0.15, -0.1) is 0 Å². The van der Waals surface area contributed by atoms with Crippen molar-refractivity contribution >= 4 is 29.1 Å². The molecule has 1 aliphatic heterocycles. The third-order valence-corrected chi connectivity index (χ3v) is 4.57. The third kappa shape index (κ3) is 4.99. The van der Waals surface area contributed by atoms with Crippen molar-refractivity contribution < 1.29 is 19.1 Å². The molecule has 142 valence electrons. The lowest BCUT2D eigenvalue weighted by Gasteiger charge is -2.26. The van der Waals surface area contributed by atoms with E-state index in [0.29, 0.717) is 54.7 Å². The van der Waals surface area contributed by atoms with Gasteiger partial charge in [0, 0.05) is 23.8 Å². The average Bonchev–Trinajstić information content (AvgIpc) is 2.70. The molecule has 3 rings (SSSR count). The largest absolute Gasteiger partial charge is 0.496 e. The summed E-state index contributed by atoms with van der Waals surface area (Å²) >= 11 is 5.97. The number of hydrogen-bond acceptors (Lipinski definition) is 4. The second-order valence-corrected chi connectivity index (χ2v) is 6.60. The number of nitrogens with one attached hydrogen (secondary N) is 1. The van der Waals surface area contributed by atoms with Crippen LogP contribution in [0.4, 0.5) is 5.69 Å². The van der Waals surface area contributed by atoms with Crippen LogP contribution in [0.2, 0.25) is 5.02 Å². The Morgan fingerprint density at radius 1 is 1.15 bits per heavy atom.